The molecular weight excluding hydrogens is 659 g/mol. The van der Waals surface area contributed by atoms with Gasteiger partial charge in [-0.15, -0.1) is 0 Å². The van der Waals surface area contributed by atoms with Crippen LogP contribution in [0.4, 0.5) is 0 Å². The van der Waals surface area contributed by atoms with Crippen molar-refractivity contribution < 1.29 is 0 Å². The zero-order chi connectivity index (χ0) is 35.8. The zero-order valence-corrected chi connectivity index (χ0v) is 29.3. The molecule has 0 aliphatic carbocycles. The molecule has 10 aromatic rings. The predicted molar refractivity (Wildman–Crippen MR) is 220 cm³/mol. The fourth-order valence-electron chi connectivity index (χ4n) is 7.30. The second kappa shape index (κ2) is 13.3. The molecular formula is C49H33N5. The fourth-order valence-corrected chi connectivity index (χ4v) is 7.30. The molecule has 0 N–H and O–H groups in total. The van der Waals surface area contributed by atoms with E-state index in [2.05, 4.69) is 179 Å². The summed E-state index contributed by atoms with van der Waals surface area (Å²) < 4.78 is 4.41. The molecule has 0 atom stereocenters. The molecule has 7 aromatic carbocycles. The first-order valence-electron chi connectivity index (χ1n) is 18.1. The predicted octanol–water partition coefficient (Wildman–Crippen LogP) is 12.1. The molecule has 0 unspecified atom stereocenters. The lowest BCUT2D eigenvalue weighted by atomic mass is 10.0. The van der Waals surface area contributed by atoms with Gasteiger partial charge in [0.15, 0.2) is 5.65 Å². The van der Waals surface area contributed by atoms with Crippen molar-refractivity contribution in [3.05, 3.63) is 200 Å². The number of benzene rings is 7. The third-order valence-corrected chi connectivity index (χ3v) is 10.1. The van der Waals surface area contributed by atoms with Crippen molar-refractivity contribution in [3.8, 4) is 73.1 Å². The van der Waals surface area contributed by atoms with E-state index in [0.717, 1.165) is 73.1 Å². The van der Waals surface area contributed by atoms with Crippen LogP contribution in [0.15, 0.2) is 200 Å². The summed E-state index contributed by atoms with van der Waals surface area (Å²) in [5.41, 5.74) is 15.4. The number of fused-ring (bicyclic) bond motifs is 2. The van der Waals surface area contributed by atoms with Gasteiger partial charge in [-0.25, -0.2) is 15.0 Å². The summed E-state index contributed by atoms with van der Waals surface area (Å²) in [6.45, 7) is 0. The van der Waals surface area contributed by atoms with Crippen LogP contribution < -0.4 is 0 Å². The number of hydrogen-bond acceptors (Lipinski definition) is 3. The normalized spacial score (nSPS) is 11.3. The number of aromatic nitrogens is 5. The molecule has 0 saturated carbocycles. The van der Waals surface area contributed by atoms with Crippen LogP contribution in [0.1, 0.15) is 0 Å². The molecule has 0 amide bonds. The first kappa shape index (κ1) is 31.4. The van der Waals surface area contributed by atoms with Gasteiger partial charge >= 0.3 is 0 Å². The van der Waals surface area contributed by atoms with Crippen LogP contribution >= 0.6 is 0 Å². The average Bonchev–Trinajstić information content (AvgIpc) is 3.87. The summed E-state index contributed by atoms with van der Waals surface area (Å²) in [5, 5.41) is 0. The average molecular weight is 692 g/mol. The molecule has 0 radical (unpaired) electrons. The highest BCUT2D eigenvalue weighted by molar-refractivity contribution is 5.85. The van der Waals surface area contributed by atoms with Gasteiger partial charge in [0.1, 0.15) is 11.5 Å². The Morgan fingerprint density at radius 2 is 0.889 bits per heavy atom. The van der Waals surface area contributed by atoms with Crippen molar-refractivity contribution in [2.24, 2.45) is 0 Å². The van der Waals surface area contributed by atoms with Crippen LogP contribution in [0, 0.1) is 0 Å². The van der Waals surface area contributed by atoms with Gasteiger partial charge in [-0.1, -0.05) is 164 Å². The lowest BCUT2D eigenvalue weighted by molar-refractivity contribution is 1.10. The number of rotatable bonds is 7. The highest BCUT2D eigenvalue weighted by Gasteiger charge is 2.18. The van der Waals surface area contributed by atoms with E-state index in [1.165, 1.54) is 16.7 Å². The van der Waals surface area contributed by atoms with E-state index >= 15 is 0 Å². The molecule has 0 spiro atoms. The maximum atomic E-state index is 5.30. The minimum Gasteiger partial charge on any atom is -0.296 e. The highest BCUT2D eigenvalue weighted by atomic mass is 15.1. The van der Waals surface area contributed by atoms with E-state index < -0.39 is 0 Å². The Labute approximate surface area is 313 Å². The Morgan fingerprint density at radius 1 is 0.389 bits per heavy atom. The Kier molecular flexibility index (Phi) is 7.73. The monoisotopic (exact) mass is 691 g/mol. The summed E-state index contributed by atoms with van der Waals surface area (Å²) in [4.78, 5) is 15.4. The van der Waals surface area contributed by atoms with Crippen LogP contribution in [0.2, 0.25) is 0 Å². The lowest BCUT2D eigenvalue weighted by Gasteiger charge is -2.12. The van der Waals surface area contributed by atoms with E-state index in [0.29, 0.717) is 0 Å². The van der Waals surface area contributed by atoms with E-state index in [-0.39, 0.29) is 0 Å². The first-order valence-corrected chi connectivity index (χ1v) is 18.1. The standard InChI is InChI=1S/C49H33N5/c1-4-12-34(13-5-1)36-20-26-39(27-21-36)46-32-50-49-47(40-28-22-37(23-29-40)35-14-6-2-7-15-35)51-44(33-53(46)49)38-24-30-41(31-25-38)48-52-43-18-10-11-19-45(43)54(48)42-16-8-3-9-17-42/h1-33H. The molecule has 3 heterocycles. The highest BCUT2D eigenvalue weighted by Crippen LogP contribution is 2.34. The molecule has 10 rings (SSSR count). The number of para-hydroxylation sites is 3. The first-order chi connectivity index (χ1) is 26.8. The Hall–Kier alpha value is -7.37. The molecule has 5 heteroatoms. The van der Waals surface area contributed by atoms with Gasteiger partial charge < -0.3 is 0 Å². The van der Waals surface area contributed by atoms with Crippen molar-refractivity contribution in [3.63, 3.8) is 0 Å². The van der Waals surface area contributed by atoms with E-state index in [9.17, 15) is 0 Å². The van der Waals surface area contributed by atoms with E-state index in [4.69, 9.17) is 15.0 Å². The second-order valence-corrected chi connectivity index (χ2v) is 13.4. The van der Waals surface area contributed by atoms with Gasteiger partial charge in [0.05, 0.1) is 28.6 Å². The minimum absolute atomic E-state index is 0.807. The van der Waals surface area contributed by atoms with Crippen molar-refractivity contribution >= 4 is 16.7 Å². The van der Waals surface area contributed by atoms with Crippen molar-refractivity contribution in [2.75, 3.05) is 0 Å². The Morgan fingerprint density at radius 3 is 1.54 bits per heavy atom. The van der Waals surface area contributed by atoms with E-state index in [1.807, 2.05) is 30.5 Å². The molecule has 3 aromatic heterocycles. The van der Waals surface area contributed by atoms with Gasteiger partial charge in [-0.05, 0) is 46.5 Å². The van der Waals surface area contributed by atoms with Gasteiger partial charge in [0.25, 0.3) is 0 Å². The maximum Gasteiger partial charge on any atom is 0.164 e. The molecule has 0 aliphatic rings. The zero-order valence-electron chi connectivity index (χ0n) is 29.3. The second-order valence-electron chi connectivity index (χ2n) is 13.4. The van der Waals surface area contributed by atoms with E-state index in [1.54, 1.807) is 0 Å². The molecule has 254 valence electrons. The quantitative estimate of drug-likeness (QED) is 0.167. The smallest absolute Gasteiger partial charge is 0.164 e. The Balaban J connectivity index is 1.09. The minimum atomic E-state index is 0.807. The summed E-state index contributed by atoms with van der Waals surface area (Å²) >= 11 is 0. The van der Waals surface area contributed by atoms with Crippen LogP contribution in [0.5, 0.6) is 0 Å². The molecule has 0 bridgehead atoms. The van der Waals surface area contributed by atoms with Crippen LogP contribution in [-0.2, 0) is 0 Å². The van der Waals surface area contributed by atoms with Crippen LogP contribution in [0.25, 0.3) is 89.8 Å². The SMILES string of the molecule is c1ccc(-c2ccc(-c3nc(-c4ccc(-c5nc6ccccc6n5-c5ccccc5)cc4)cn4c(-c5ccc(-c6ccccc6)cc5)cnc34)cc2)cc1. The Bertz CT molecular complexity index is 2870. The molecule has 5 nitrogen and oxygen atoms in total. The fraction of sp³-hybridized carbons (Fsp3) is 0. The largest absolute Gasteiger partial charge is 0.296 e. The summed E-state index contributed by atoms with van der Waals surface area (Å²) in [5.74, 6) is 0.896. The van der Waals surface area contributed by atoms with Gasteiger partial charge in [0, 0.05) is 34.1 Å². The molecule has 0 fully saturated rings. The summed E-state index contributed by atoms with van der Waals surface area (Å²) in [7, 11) is 0. The van der Waals surface area contributed by atoms with Crippen LogP contribution in [0.3, 0.4) is 0 Å². The van der Waals surface area contributed by atoms with Gasteiger partial charge in [-0.2, -0.15) is 0 Å². The van der Waals surface area contributed by atoms with Gasteiger partial charge in [-0.3, -0.25) is 8.97 Å². The third kappa shape index (κ3) is 5.65. The molecule has 0 aliphatic heterocycles. The summed E-state index contributed by atoms with van der Waals surface area (Å²) in [6, 6.07) is 65.5. The lowest BCUT2D eigenvalue weighted by Crippen LogP contribution is -1.99. The third-order valence-electron chi connectivity index (χ3n) is 10.1. The topological polar surface area (TPSA) is 48.0 Å². The number of hydrogen-bond donors (Lipinski definition) is 0. The van der Waals surface area contributed by atoms with Crippen molar-refractivity contribution in [2.45, 2.75) is 0 Å². The van der Waals surface area contributed by atoms with Crippen molar-refractivity contribution in [1.82, 2.24) is 23.9 Å². The van der Waals surface area contributed by atoms with Crippen LogP contribution in [-0.4, -0.2) is 23.9 Å². The summed E-state index contributed by atoms with van der Waals surface area (Å²) in [6.07, 6.45) is 4.07. The molecule has 54 heavy (non-hydrogen) atoms. The van der Waals surface area contributed by atoms with Gasteiger partial charge in [0.2, 0.25) is 0 Å². The number of nitrogens with zero attached hydrogens (tertiary/aromatic N) is 5. The van der Waals surface area contributed by atoms with Crippen molar-refractivity contribution in [1.29, 1.82) is 0 Å². The number of imidazole rings is 2. The molecule has 0 saturated heterocycles. The maximum absolute atomic E-state index is 5.30.